The number of aryl methyl sites for hydroxylation is 1. The number of amides is 1. The van der Waals surface area contributed by atoms with Gasteiger partial charge in [0.15, 0.2) is 11.5 Å². The third-order valence-corrected chi connectivity index (χ3v) is 5.71. The highest BCUT2D eigenvalue weighted by Crippen LogP contribution is 2.44. The monoisotopic (exact) mass is 361 g/mol. The van der Waals surface area contributed by atoms with Gasteiger partial charge in [0.25, 0.3) is 0 Å². The molecule has 0 saturated carbocycles. The molecule has 134 valence electrons. The van der Waals surface area contributed by atoms with Crippen LogP contribution in [0.5, 0.6) is 11.5 Å². The zero-order chi connectivity index (χ0) is 17.8. The maximum atomic E-state index is 12.6. The van der Waals surface area contributed by atoms with E-state index in [0.717, 1.165) is 18.5 Å². The number of hydrogen-bond acceptors (Lipinski definition) is 5. The number of aromatic nitrogens is 2. The van der Waals surface area contributed by atoms with Gasteiger partial charge in [-0.1, -0.05) is 6.07 Å². The van der Waals surface area contributed by atoms with Gasteiger partial charge in [0, 0.05) is 25.5 Å². The zero-order valence-electron chi connectivity index (χ0n) is 14.7. The van der Waals surface area contributed by atoms with Crippen molar-refractivity contribution < 1.29 is 14.3 Å². The van der Waals surface area contributed by atoms with Crippen LogP contribution in [0, 0.1) is 0 Å². The van der Waals surface area contributed by atoms with E-state index in [1.807, 2.05) is 40.8 Å². The third-order valence-electron chi connectivity index (χ3n) is 4.31. The van der Waals surface area contributed by atoms with Crippen LogP contribution >= 0.6 is 11.8 Å². The van der Waals surface area contributed by atoms with E-state index < -0.39 is 0 Å². The van der Waals surface area contributed by atoms with Gasteiger partial charge in [0.05, 0.1) is 25.8 Å². The highest BCUT2D eigenvalue weighted by molar-refractivity contribution is 8.01. The number of hydrogen-bond donors (Lipinski definition) is 0. The molecule has 1 aromatic carbocycles. The molecule has 2 atom stereocenters. The Hall–Kier alpha value is -2.15. The van der Waals surface area contributed by atoms with E-state index in [0.29, 0.717) is 18.0 Å². The van der Waals surface area contributed by atoms with E-state index in [4.69, 9.17) is 9.47 Å². The molecular formula is C18H23N3O3S. The Balaban J connectivity index is 1.74. The lowest BCUT2D eigenvalue weighted by Gasteiger charge is -2.25. The van der Waals surface area contributed by atoms with Gasteiger partial charge in [-0.3, -0.25) is 4.79 Å². The summed E-state index contributed by atoms with van der Waals surface area (Å²) in [6.07, 6.45) is 6.40. The normalized spacial score (nSPS) is 20.1. The van der Waals surface area contributed by atoms with E-state index in [9.17, 15) is 4.79 Å². The van der Waals surface area contributed by atoms with Crippen LogP contribution in [0.2, 0.25) is 0 Å². The second-order valence-electron chi connectivity index (χ2n) is 5.93. The van der Waals surface area contributed by atoms with Gasteiger partial charge < -0.3 is 18.9 Å². The van der Waals surface area contributed by atoms with Gasteiger partial charge in [-0.2, -0.15) is 0 Å². The highest BCUT2D eigenvalue weighted by Gasteiger charge is 2.38. The predicted molar refractivity (Wildman–Crippen MR) is 97.9 cm³/mol. The molecule has 7 heteroatoms. The molecule has 2 heterocycles. The molecule has 6 nitrogen and oxygen atoms in total. The average molecular weight is 361 g/mol. The van der Waals surface area contributed by atoms with E-state index in [2.05, 4.69) is 4.98 Å². The maximum Gasteiger partial charge on any atom is 0.236 e. The number of ether oxygens (including phenoxy) is 2. The van der Waals surface area contributed by atoms with Gasteiger partial charge >= 0.3 is 0 Å². The molecule has 0 aliphatic carbocycles. The van der Waals surface area contributed by atoms with Crippen molar-refractivity contribution in [2.75, 3.05) is 20.8 Å². The molecule has 0 spiro atoms. The quantitative estimate of drug-likeness (QED) is 0.759. The number of thioether (sulfide) groups is 1. The molecule has 1 aliphatic heterocycles. The fourth-order valence-electron chi connectivity index (χ4n) is 3.01. The first-order chi connectivity index (χ1) is 12.1. The van der Waals surface area contributed by atoms with E-state index >= 15 is 0 Å². The summed E-state index contributed by atoms with van der Waals surface area (Å²) in [5.41, 5.74) is 1.06. The molecule has 1 aliphatic rings. The topological polar surface area (TPSA) is 56.6 Å². The van der Waals surface area contributed by atoms with Crippen molar-refractivity contribution in [3.63, 3.8) is 0 Å². The van der Waals surface area contributed by atoms with Crippen molar-refractivity contribution in [2.24, 2.45) is 0 Å². The Morgan fingerprint density at radius 1 is 1.20 bits per heavy atom. The lowest BCUT2D eigenvalue weighted by atomic mass is 10.1. The standard InChI is InChI=1S/C18H23N3O3S/c1-13-17(22)21(9-4-8-20-10-7-19-12-20)18(25-13)14-5-6-15(23-2)16(11-14)24-3/h5-7,10-13,18H,4,8-9H2,1-3H3/t13-,18-/m1/s1. The van der Waals surface area contributed by atoms with Gasteiger partial charge in [0.1, 0.15) is 5.37 Å². The molecular weight excluding hydrogens is 338 g/mol. The Kier molecular flexibility index (Phi) is 5.53. The van der Waals surface area contributed by atoms with Gasteiger partial charge in [0.2, 0.25) is 5.91 Å². The Bertz CT molecular complexity index is 720. The molecule has 2 aromatic rings. The summed E-state index contributed by atoms with van der Waals surface area (Å²) in [5, 5.41) is -0.0311. The Labute approximate surface area is 152 Å². The van der Waals surface area contributed by atoms with Crippen LogP contribution in [-0.2, 0) is 11.3 Å². The maximum absolute atomic E-state index is 12.6. The molecule has 0 unspecified atom stereocenters. The van der Waals surface area contributed by atoms with Gasteiger partial charge in [-0.05, 0) is 31.0 Å². The number of carbonyl (C=O) groups excluding carboxylic acids is 1. The zero-order valence-corrected chi connectivity index (χ0v) is 15.5. The van der Waals surface area contributed by atoms with Crippen LogP contribution in [0.25, 0.3) is 0 Å². The Morgan fingerprint density at radius 2 is 2.00 bits per heavy atom. The van der Waals surface area contributed by atoms with Gasteiger partial charge in [-0.25, -0.2) is 4.98 Å². The molecule has 0 bridgehead atoms. The number of carbonyl (C=O) groups is 1. The summed E-state index contributed by atoms with van der Waals surface area (Å²) >= 11 is 1.68. The van der Waals surface area contributed by atoms with Gasteiger partial charge in [-0.15, -0.1) is 11.8 Å². The first-order valence-electron chi connectivity index (χ1n) is 8.27. The first-order valence-corrected chi connectivity index (χ1v) is 9.22. The van der Waals surface area contributed by atoms with Crippen LogP contribution in [0.15, 0.2) is 36.9 Å². The molecule has 0 radical (unpaired) electrons. The molecule has 1 aromatic heterocycles. The van der Waals surface area contributed by atoms with Crippen molar-refractivity contribution in [1.82, 2.24) is 14.5 Å². The first kappa shape index (κ1) is 17.7. The van der Waals surface area contributed by atoms with E-state index in [-0.39, 0.29) is 16.5 Å². The molecule has 25 heavy (non-hydrogen) atoms. The van der Waals surface area contributed by atoms with Crippen LogP contribution in [0.4, 0.5) is 0 Å². The minimum atomic E-state index is -0.0358. The van der Waals surface area contributed by atoms with Crippen molar-refractivity contribution in [2.45, 2.75) is 30.5 Å². The second-order valence-corrected chi connectivity index (χ2v) is 7.36. The summed E-state index contributed by atoms with van der Waals surface area (Å²) in [4.78, 5) is 18.6. The smallest absolute Gasteiger partial charge is 0.236 e. The van der Waals surface area contributed by atoms with Crippen LogP contribution in [-0.4, -0.2) is 46.4 Å². The minimum Gasteiger partial charge on any atom is -0.493 e. The van der Waals surface area contributed by atoms with Crippen LogP contribution in [0.3, 0.4) is 0 Å². The van der Waals surface area contributed by atoms with E-state index in [1.54, 1.807) is 38.5 Å². The number of nitrogens with zero attached hydrogens (tertiary/aromatic N) is 3. The summed E-state index contributed by atoms with van der Waals surface area (Å²) in [5.74, 6) is 1.57. The number of benzene rings is 1. The van der Waals surface area contributed by atoms with Crippen molar-refractivity contribution in [3.05, 3.63) is 42.5 Å². The fourth-order valence-corrected chi connectivity index (χ4v) is 4.31. The largest absolute Gasteiger partial charge is 0.493 e. The molecule has 3 rings (SSSR count). The fraction of sp³-hybridized carbons (Fsp3) is 0.444. The minimum absolute atomic E-state index is 0.00472. The third kappa shape index (κ3) is 3.76. The van der Waals surface area contributed by atoms with Crippen LogP contribution < -0.4 is 9.47 Å². The number of rotatable bonds is 7. The van der Waals surface area contributed by atoms with Crippen LogP contribution in [0.1, 0.15) is 24.3 Å². The Morgan fingerprint density at radius 3 is 2.68 bits per heavy atom. The van der Waals surface area contributed by atoms with Crippen molar-refractivity contribution in [3.8, 4) is 11.5 Å². The lowest BCUT2D eigenvalue weighted by Crippen LogP contribution is -2.31. The summed E-state index contributed by atoms with van der Waals surface area (Å²) in [6, 6.07) is 5.86. The molecule has 1 amide bonds. The molecule has 0 N–H and O–H groups in total. The number of imidazole rings is 1. The second kappa shape index (κ2) is 7.82. The van der Waals surface area contributed by atoms with Crippen molar-refractivity contribution in [1.29, 1.82) is 0 Å². The SMILES string of the molecule is COc1ccc([C@H]2S[C@H](C)C(=O)N2CCCn2ccnc2)cc1OC. The number of methoxy groups -OCH3 is 2. The predicted octanol–water partition coefficient (Wildman–Crippen LogP) is 2.95. The van der Waals surface area contributed by atoms with Crippen molar-refractivity contribution >= 4 is 17.7 Å². The molecule has 1 fully saturated rings. The molecule has 1 saturated heterocycles. The van der Waals surface area contributed by atoms with E-state index in [1.165, 1.54) is 0 Å². The highest BCUT2D eigenvalue weighted by atomic mass is 32.2. The summed E-state index contributed by atoms with van der Waals surface area (Å²) in [6.45, 7) is 3.53. The average Bonchev–Trinajstić information content (AvgIpc) is 3.24. The summed E-state index contributed by atoms with van der Waals surface area (Å²) < 4.78 is 12.7. The lowest BCUT2D eigenvalue weighted by molar-refractivity contribution is -0.129. The summed E-state index contributed by atoms with van der Waals surface area (Å²) in [7, 11) is 3.25.